The summed E-state index contributed by atoms with van der Waals surface area (Å²) in [7, 11) is 0. The molecular weight excluding hydrogens is 348 g/mol. The molecule has 2 N–H and O–H groups in total. The van der Waals surface area contributed by atoms with Crippen molar-refractivity contribution < 1.29 is 13.6 Å². The van der Waals surface area contributed by atoms with Crippen LogP contribution in [0.1, 0.15) is 51.9 Å². The van der Waals surface area contributed by atoms with E-state index >= 15 is 0 Å². The fourth-order valence-corrected chi connectivity index (χ4v) is 2.15. The molecule has 6 heteroatoms. The minimum absolute atomic E-state index is 0.154. The molecule has 1 heterocycles. The summed E-state index contributed by atoms with van der Waals surface area (Å²) in [4.78, 5) is 17.8. The van der Waals surface area contributed by atoms with E-state index in [-0.39, 0.29) is 24.1 Å². The van der Waals surface area contributed by atoms with Crippen LogP contribution in [0.3, 0.4) is 0 Å². The summed E-state index contributed by atoms with van der Waals surface area (Å²) in [6.45, 7) is 9.70. The van der Waals surface area contributed by atoms with Crippen molar-refractivity contribution in [1.82, 2.24) is 15.3 Å². The maximum Gasteiger partial charge on any atom is 0.217 e. The molecular formula is C21H27F2N3O. The van der Waals surface area contributed by atoms with E-state index in [1.807, 2.05) is 33.8 Å². The van der Waals surface area contributed by atoms with Gasteiger partial charge in [-0.15, -0.1) is 0 Å². The highest BCUT2D eigenvalue weighted by atomic mass is 19.1. The number of hydrogen-bond donors (Lipinski definition) is 2. The molecule has 0 saturated carbocycles. The minimum Gasteiger partial charge on any atom is -0.352 e. The lowest BCUT2D eigenvalue weighted by molar-refractivity contribution is -0.119. The first-order valence-electron chi connectivity index (χ1n) is 9.00. The number of para-hydroxylation sites is 1. The fraction of sp³-hybridized carbons (Fsp3) is 0.333. The molecule has 0 bridgehead atoms. The first-order chi connectivity index (χ1) is 12.9. The second kappa shape index (κ2) is 11.1. The van der Waals surface area contributed by atoms with Gasteiger partial charge in [0.2, 0.25) is 5.91 Å². The van der Waals surface area contributed by atoms with Crippen LogP contribution in [0.2, 0.25) is 0 Å². The van der Waals surface area contributed by atoms with Crippen molar-refractivity contribution in [3.63, 3.8) is 0 Å². The van der Waals surface area contributed by atoms with Crippen LogP contribution in [0.5, 0.6) is 0 Å². The minimum atomic E-state index is -0.286. The van der Waals surface area contributed by atoms with E-state index < -0.39 is 0 Å². The SMILES string of the molecule is CC.CC(=O)NCc1ccccc1F.CC(C)c1nc2c(F)cccc2[nH]1. The lowest BCUT2D eigenvalue weighted by Crippen LogP contribution is -2.19. The van der Waals surface area contributed by atoms with Gasteiger partial charge in [0.25, 0.3) is 0 Å². The summed E-state index contributed by atoms with van der Waals surface area (Å²) in [5.41, 5.74) is 1.71. The van der Waals surface area contributed by atoms with Gasteiger partial charge in [-0.3, -0.25) is 4.79 Å². The zero-order valence-electron chi connectivity index (χ0n) is 16.4. The molecule has 1 aromatic heterocycles. The Hall–Kier alpha value is -2.76. The van der Waals surface area contributed by atoms with E-state index in [1.165, 1.54) is 19.1 Å². The number of H-pyrrole nitrogens is 1. The Morgan fingerprint density at radius 3 is 2.26 bits per heavy atom. The monoisotopic (exact) mass is 375 g/mol. The van der Waals surface area contributed by atoms with Crippen molar-refractivity contribution in [3.8, 4) is 0 Å². The Morgan fingerprint density at radius 1 is 1.07 bits per heavy atom. The van der Waals surface area contributed by atoms with Gasteiger partial charge in [-0.1, -0.05) is 52.0 Å². The molecule has 0 aliphatic carbocycles. The standard InChI is InChI=1S/C10H11FN2.C9H10FNO.C2H6/c1-6(2)10-12-8-5-3-4-7(11)9(8)13-10;1-7(12)11-6-8-4-2-3-5-9(8)10;1-2/h3-6H,1-2H3,(H,12,13);2-5H,6H2,1H3,(H,11,12);1-2H3. The third kappa shape index (κ3) is 6.81. The molecule has 3 rings (SSSR count). The number of imidazole rings is 1. The van der Waals surface area contributed by atoms with Crippen LogP contribution in [-0.2, 0) is 11.3 Å². The van der Waals surface area contributed by atoms with Crippen molar-refractivity contribution in [1.29, 1.82) is 0 Å². The Balaban J connectivity index is 0.000000248. The molecule has 0 aliphatic heterocycles. The smallest absolute Gasteiger partial charge is 0.217 e. The van der Waals surface area contributed by atoms with Crippen molar-refractivity contribution in [2.24, 2.45) is 0 Å². The van der Waals surface area contributed by atoms with Gasteiger partial charge in [-0.05, 0) is 18.2 Å². The number of amides is 1. The normalized spacial score (nSPS) is 9.93. The molecule has 0 saturated heterocycles. The van der Waals surface area contributed by atoms with E-state index in [2.05, 4.69) is 15.3 Å². The Morgan fingerprint density at radius 2 is 1.70 bits per heavy atom. The topological polar surface area (TPSA) is 57.8 Å². The molecule has 0 radical (unpaired) electrons. The maximum absolute atomic E-state index is 13.2. The average Bonchev–Trinajstić information content (AvgIpc) is 3.09. The van der Waals surface area contributed by atoms with Gasteiger partial charge in [-0.2, -0.15) is 0 Å². The van der Waals surface area contributed by atoms with Crippen LogP contribution >= 0.6 is 0 Å². The Labute approximate surface area is 159 Å². The number of fused-ring (bicyclic) bond motifs is 1. The second-order valence-electron chi connectivity index (χ2n) is 5.91. The van der Waals surface area contributed by atoms with E-state index in [0.29, 0.717) is 17.0 Å². The van der Waals surface area contributed by atoms with Gasteiger partial charge in [0.15, 0.2) is 5.82 Å². The van der Waals surface area contributed by atoms with Gasteiger partial charge in [0.1, 0.15) is 17.2 Å². The van der Waals surface area contributed by atoms with Gasteiger partial charge in [0.05, 0.1) is 5.52 Å². The highest BCUT2D eigenvalue weighted by Crippen LogP contribution is 2.18. The van der Waals surface area contributed by atoms with E-state index in [0.717, 1.165) is 11.3 Å². The molecule has 0 atom stereocenters. The number of nitrogens with one attached hydrogen (secondary N) is 2. The summed E-state index contributed by atoms with van der Waals surface area (Å²) in [5, 5.41) is 2.52. The molecule has 0 spiro atoms. The number of aromatic nitrogens is 2. The molecule has 2 aromatic carbocycles. The third-order valence-electron chi connectivity index (χ3n) is 3.51. The van der Waals surface area contributed by atoms with Crippen LogP contribution in [0.4, 0.5) is 8.78 Å². The molecule has 0 aliphatic rings. The van der Waals surface area contributed by atoms with Gasteiger partial charge < -0.3 is 10.3 Å². The predicted molar refractivity (Wildman–Crippen MR) is 105 cm³/mol. The Kier molecular flexibility index (Phi) is 9.13. The average molecular weight is 375 g/mol. The van der Waals surface area contributed by atoms with Crippen molar-refractivity contribution >= 4 is 16.9 Å². The second-order valence-corrected chi connectivity index (χ2v) is 5.91. The summed E-state index contributed by atoms with van der Waals surface area (Å²) in [6.07, 6.45) is 0. The molecule has 0 fully saturated rings. The third-order valence-corrected chi connectivity index (χ3v) is 3.51. The quantitative estimate of drug-likeness (QED) is 0.651. The highest BCUT2D eigenvalue weighted by Gasteiger charge is 2.08. The van der Waals surface area contributed by atoms with Crippen molar-refractivity contribution in [2.45, 2.75) is 47.1 Å². The number of rotatable bonds is 3. The van der Waals surface area contributed by atoms with Gasteiger partial charge in [0, 0.05) is 24.9 Å². The number of carbonyl (C=O) groups is 1. The maximum atomic E-state index is 13.2. The lowest BCUT2D eigenvalue weighted by Gasteiger charge is -2.02. The summed E-state index contributed by atoms with van der Waals surface area (Å²) in [6, 6.07) is 11.3. The number of benzene rings is 2. The zero-order valence-corrected chi connectivity index (χ0v) is 16.4. The number of aromatic amines is 1. The number of hydrogen-bond acceptors (Lipinski definition) is 2. The summed E-state index contributed by atoms with van der Waals surface area (Å²) in [5.74, 6) is 0.428. The Bertz CT molecular complexity index is 860. The van der Waals surface area contributed by atoms with E-state index in [9.17, 15) is 13.6 Å². The molecule has 3 aromatic rings. The van der Waals surface area contributed by atoms with Crippen LogP contribution in [0.15, 0.2) is 42.5 Å². The molecule has 0 unspecified atom stereocenters. The molecule has 1 amide bonds. The predicted octanol–water partition coefficient (Wildman–Crippen LogP) is 5.31. The van der Waals surface area contributed by atoms with E-state index in [4.69, 9.17) is 0 Å². The first-order valence-corrected chi connectivity index (χ1v) is 9.00. The van der Waals surface area contributed by atoms with Gasteiger partial charge >= 0.3 is 0 Å². The van der Waals surface area contributed by atoms with Crippen LogP contribution < -0.4 is 5.32 Å². The largest absolute Gasteiger partial charge is 0.352 e. The number of carbonyl (C=O) groups excluding carboxylic acids is 1. The summed E-state index contributed by atoms with van der Waals surface area (Å²) >= 11 is 0. The van der Waals surface area contributed by atoms with Crippen LogP contribution in [-0.4, -0.2) is 15.9 Å². The number of halogens is 2. The number of nitrogens with zero attached hydrogens (tertiary/aromatic N) is 1. The van der Waals surface area contributed by atoms with Crippen molar-refractivity contribution in [3.05, 3.63) is 65.5 Å². The molecule has 4 nitrogen and oxygen atoms in total. The molecule has 27 heavy (non-hydrogen) atoms. The first kappa shape index (κ1) is 22.3. The zero-order chi connectivity index (χ0) is 20.4. The highest BCUT2D eigenvalue weighted by molar-refractivity contribution is 5.75. The molecule has 146 valence electrons. The van der Waals surface area contributed by atoms with Crippen LogP contribution in [0.25, 0.3) is 11.0 Å². The summed E-state index contributed by atoms with van der Waals surface area (Å²) < 4.78 is 26.1. The van der Waals surface area contributed by atoms with Crippen LogP contribution in [0, 0.1) is 11.6 Å². The fourth-order valence-electron chi connectivity index (χ4n) is 2.15. The van der Waals surface area contributed by atoms with E-state index in [1.54, 1.807) is 24.3 Å². The lowest BCUT2D eigenvalue weighted by atomic mass is 10.2. The van der Waals surface area contributed by atoms with Gasteiger partial charge in [-0.25, -0.2) is 13.8 Å². The van der Waals surface area contributed by atoms with Crippen molar-refractivity contribution in [2.75, 3.05) is 0 Å².